The molecular weight excluding hydrogens is 394 g/mol. The summed E-state index contributed by atoms with van der Waals surface area (Å²) < 4.78 is 5.06. The molecule has 0 bridgehead atoms. The molecule has 10 heteroatoms. The van der Waals surface area contributed by atoms with Gasteiger partial charge in [0.2, 0.25) is 5.88 Å². The van der Waals surface area contributed by atoms with Gasteiger partial charge in [0.15, 0.2) is 0 Å². The zero-order chi connectivity index (χ0) is 18.7. The van der Waals surface area contributed by atoms with Gasteiger partial charge in [-0.05, 0) is 26.0 Å². The van der Waals surface area contributed by atoms with Crippen LogP contribution in [-0.4, -0.2) is 32.8 Å². The van der Waals surface area contributed by atoms with Crippen LogP contribution in [0.3, 0.4) is 0 Å². The first-order valence-electron chi connectivity index (χ1n) is 7.40. The molecule has 0 saturated heterocycles. The van der Waals surface area contributed by atoms with Crippen molar-refractivity contribution in [1.29, 1.82) is 0 Å². The van der Waals surface area contributed by atoms with Crippen molar-refractivity contribution >= 4 is 41.3 Å². The number of aromatic nitrogens is 4. The Hall–Kier alpha value is -2.23. The lowest BCUT2D eigenvalue weighted by atomic mass is 10.3. The summed E-state index contributed by atoms with van der Waals surface area (Å²) in [5.74, 6) is 0.169. The Kier molecular flexibility index (Phi) is 5.70. The second-order valence-corrected chi connectivity index (χ2v) is 6.90. The maximum absolute atomic E-state index is 5.98. The van der Waals surface area contributed by atoms with Gasteiger partial charge < -0.3 is 9.57 Å². The SMILES string of the molecule is COc1nc(O/N=C(\C)c2sc(-c3cccnc3)nc2C)nc(S)c1Cl. The normalized spacial score (nSPS) is 11.5. The summed E-state index contributed by atoms with van der Waals surface area (Å²) in [6.07, 6.45) is 3.49. The van der Waals surface area contributed by atoms with E-state index in [4.69, 9.17) is 21.2 Å². The number of oxime groups is 1. The predicted octanol–water partition coefficient (Wildman–Crippen LogP) is 4.06. The average Bonchev–Trinajstić information content (AvgIpc) is 3.05. The first-order chi connectivity index (χ1) is 12.5. The highest BCUT2D eigenvalue weighted by molar-refractivity contribution is 7.80. The standard InChI is InChI=1S/C16H14ClN5O2S2/c1-8-12(26-15(19-8)10-5-4-6-18-7-10)9(2)22-24-16-20-13(23-3)11(17)14(25)21-16/h4-7H,1-3H3,(H,20,21,25)/b22-9+. The number of halogens is 1. The quantitative estimate of drug-likeness (QED) is 0.297. The van der Waals surface area contributed by atoms with E-state index in [0.29, 0.717) is 5.71 Å². The summed E-state index contributed by atoms with van der Waals surface area (Å²) in [7, 11) is 1.44. The van der Waals surface area contributed by atoms with E-state index in [1.54, 1.807) is 12.4 Å². The fourth-order valence-corrected chi connectivity index (χ4v) is 3.40. The largest absolute Gasteiger partial charge is 0.480 e. The van der Waals surface area contributed by atoms with E-state index in [1.807, 2.05) is 26.0 Å². The van der Waals surface area contributed by atoms with Crippen molar-refractivity contribution in [2.24, 2.45) is 5.16 Å². The number of hydrogen-bond donors (Lipinski definition) is 1. The van der Waals surface area contributed by atoms with Crippen LogP contribution in [0.4, 0.5) is 0 Å². The zero-order valence-corrected chi connectivity index (χ0v) is 16.6. The summed E-state index contributed by atoms with van der Waals surface area (Å²) in [4.78, 5) is 22.9. The molecule has 3 heterocycles. The lowest BCUT2D eigenvalue weighted by molar-refractivity contribution is 0.299. The topological polar surface area (TPSA) is 82.4 Å². The molecule has 0 aromatic carbocycles. The molecule has 0 N–H and O–H groups in total. The van der Waals surface area contributed by atoms with E-state index in [9.17, 15) is 0 Å². The molecule has 0 unspecified atom stereocenters. The van der Waals surface area contributed by atoms with Crippen molar-refractivity contribution in [3.8, 4) is 22.5 Å². The molecule has 0 aliphatic rings. The molecule has 0 saturated carbocycles. The smallest absolute Gasteiger partial charge is 0.350 e. The predicted molar refractivity (Wildman–Crippen MR) is 104 cm³/mol. The van der Waals surface area contributed by atoms with Gasteiger partial charge in [0.1, 0.15) is 15.1 Å². The molecule has 0 aliphatic heterocycles. The molecule has 3 rings (SSSR count). The first kappa shape index (κ1) is 18.6. The van der Waals surface area contributed by atoms with Crippen LogP contribution in [-0.2, 0) is 0 Å². The number of nitrogens with zero attached hydrogens (tertiary/aromatic N) is 5. The Balaban J connectivity index is 1.85. The van der Waals surface area contributed by atoms with Gasteiger partial charge >= 0.3 is 6.01 Å². The highest BCUT2D eigenvalue weighted by Crippen LogP contribution is 2.30. The maximum atomic E-state index is 5.98. The van der Waals surface area contributed by atoms with Crippen LogP contribution in [0, 0.1) is 6.92 Å². The van der Waals surface area contributed by atoms with Gasteiger partial charge in [-0.15, -0.1) is 24.0 Å². The van der Waals surface area contributed by atoms with E-state index in [-0.39, 0.29) is 21.9 Å². The molecule has 0 fully saturated rings. The third kappa shape index (κ3) is 3.95. The van der Waals surface area contributed by atoms with E-state index in [2.05, 4.69) is 37.7 Å². The van der Waals surface area contributed by atoms with Crippen LogP contribution < -0.4 is 9.57 Å². The second-order valence-electron chi connectivity index (χ2n) is 5.10. The van der Waals surface area contributed by atoms with E-state index >= 15 is 0 Å². The van der Waals surface area contributed by atoms with E-state index in [0.717, 1.165) is 21.1 Å². The molecule has 3 aromatic rings. The number of hydrogen-bond acceptors (Lipinski definition) is 9. The molecular formula is C16H14ClN5O2S2. The number of thiazole rings is 1. The average molecular weight is 408 g/mol. The highest BCUT2D eigenvalue weighted by atomic mass is 35.5. The van der Waals surface area contributed by atoms with Gasteiger partial charge in [-0.2, -0.15) is 9.97 Å². The number of thiol groups is 1. The minimum Gasteiger partial charge on any atom is -0.480 e. The van der Waals surface area contributed by atoms with E-state index in [1.165, 1.54) is 18.4 Å². The number of aryl methyl sites for hydroxylation is 1. The van der Waals surface area contributed by atoms with Crippen molar-refractivity contribution in [3.05, 3.63) is 40.1 Å². The Morgan fingerprint density at radius 1 is 1.31 bits per heavy atom. The molecule has 3 aromatic heterocycles. The van der Waals surface area contributed by atoms with Gasteiger partial charge in [0.25, 0.3) is 0 Å². The Labute approximate surface area is 164 Å². The van der Waals surface area contributed by atoms with E-state index < -0.39 is 0 Å². The maximum Gasteiger partial charge on any atom is 0.350 e. The Morgan fingerprint density at radius 3 is 2.81 bits per heavy atom. The molecule has 0 spiro atoms. The number of rotatable bonds is 5. The molecule has 26 heavy (non-hydrogen) atoms. The van der Waals surface area contributed by atoms with Crippen LogP contribution in [0.1, 0.15) is 17.5 Å². The number of pyridine rings is 1. The summed E-state index contributed by atoms with van der Waals surface area (Å²) in [5.41, 5.74) is 2.45. The van der Waals surface area contributed by atoms with Gasteiger partial charge in [0.05, 0.1) is 23.4 Å². The summed E-state index contributed by atoms with van der Waals surface area (Å²) in [5, 5.41) is 5.41. The van der Waals surface area contributed by atoms with Gasteiger partial charge in [-0.3, -0.25) is 4.98 Å². The van der Waals surface area contributed by atoms with Crippen molar-refractivity contribution in [3.63, 3.8) is 0 Å². The van der Waals surface area contributed by atoms with Crippen LogP contribution >= 0.6 is 35.6 Å². The highest BCUT2D eigenvalue weighted by Gasteiger charge is 2.14. The molecule has 0 amide bonds. The Morgan fingerprint density at radius 2 is 2.12 bits per heavy atom. The second kappa shape index (κ2) is 7.98. The van der Waals surface area contributed by atoms with Crippen LogP contribution in [0.5, 0.6) is 11.9 Å². The molecule has 7 nitrogen and oxygen atoms in total. The number of methoxy groups -OCH3 is 1. The Bertz CT molecular complexity index is 963. The van der Waals surface area contributed by atoms with Crippen molar-refractivity contribution in [2.75, 3.05) is 7.11 Å². The van der Waals surface area contributed by atoms with Gasteiger partial charge in [0, 0.05) is 18.0 Å². The lowest BCUT2D eigenvalue weighted by Crippen LogP contribution is -2.01. The third-order valence-electron chi connectivity index (χ3n) is 3.27. The molecule has 134 valence electrons. The first-order valence-corrected chi connectivity index (χ1v) is 9.04. The summed E-state index contributed by atoms with van der Waals surface area (Å²) in [6, 6.07) is 3.82. The summed E-state index contributed by atoms with van der Waals surface area (Å²) >= 11 is 11.6. The monoisotopic (exact) mass is 407 g/mol. The van der Waals surface area contributed by atoms with Crippen LogP contribution in [0.15, 0.2) is 34.7 Å². The minimum atomic E-state index is -0.00903. The zero-order valence-electron chi connectivity index (χ0n) is 14.1. The van der Waals surface area contributed by atoms with Crippen molar-refractivity contribution in [2.45, 2.75) is 18.9 Å². The number of ether oxygens (including phenoxy) is 1. The summed E-state index contributed by atoms with van der Waals surface area (Å²) in [6.45, 7) is 3.74. The molecule has 0 radical (unpaired) electrons. The van der Waals surface area contributed by atoms with Crippen LogP contribution in [0.25, 0.3) is 10.6 Å². The fourth-order valence-electron chi connectivity index (χ4n) is 2.07. The fraction of sp³-hybridized carbons (Fsp3) is 0.188. The van der Waals surface area contributed by atoms with Gasteiger partial charge in [-0.25, -0.2) is 4.98 Å². The van der Waals surface area contributed by atoms with Crippen molar-refractivity contribution in [1.82, 2.24) is 19.9 Å². The third-order valence-corrected chi connectivity index (χ3v) is 5.39. The molecule has 0 atom stereocenters. The van der Waals surface area contributed by atoms with Gasteiger partial charge in [-0.1, -0.05) is 16.8 Å². The lowest BCUT2D eigenvalue weighted by Gasteiger charge is -2.05. The minimum absolute atomic E-state index is 0.00903. The molecule has 0 aliphatic carbocycles. The van der Waals surface area contributed by atoms with Crippen LogP contribution in [0.2, 0.25) is 5.02 Å². The van der Waals surface area contributed by atoms with Crippen molar-refractivity contribution < 1.29 is 9.57 Å².